The van der Waals surface area contributed by atoms with Crippen LogP contribution in [0.4, 0.5) is 0 Å². The van der Waals surface area contributed by atoms with Gasteiger partial charge in [0.2, 0.25) is 5.82 Å². The summed E-state index contributed by atoms with van der Waals surface area (Å²) in [4.78, 5) is 6.43. The molecule has 4 aromatic rings. The standard InChI is InChI=1S/C19H16N6S2/c26-18-16(27-13-9-20-10-13)6-4-14(17(18)19-22-24-25-23-19)11-3-5-15-12(8-11)2-1-7-21-15/h1-8,13,20,26H,9-10H2,(H,22,23,24,25). The van der Waals surface area contributed by atoms with Crippen LogP contribution in [0.15, 0.2) is 58.5 Å². The van der Waals surface area contributed by atoms with Gasteiger partial charge in [-0.05, 0) is 40.6 Å². The molecule has 0 bridgehead atoms. The molecule has 1 aliphatic rings. The Balaban J connectivity index is 1.67. The van der Waals surface area contributed by atoms with Gasteiger partial charge in [-0.3, -0.25) is 4.98 Å². The van der Waals surface area contributed by atoms with E-state index in [-0.39, 0.29) is 0 Å². The lowest BCUT2D eigenvalue weighted by atomic mass is 9.97. The Morgan fingerprint density at radius 3 is 2.81 bits per heavy atom. The zero-order chi connectivity index (χ0) is 18.2. The van der Waals surface area contributed by atoms with Gasteiger partial charge in [-0.2, -0.15) is 5.21 Å². The van der Waals surface area contributed by atoms with E-state index in [0.717, 1.165) is 50.5 Å². The van der Waals surface area contributed by atoms with Crippen LogP contribution in [-0.2, 0) is 0 Å². The molecule has 0 amide bonds. The van der Waals surface area contributed by atoms with Gasteiger partial charge < -0.3 is 5.32 Å². The molecule has 1 aliphatic heterocycles. The van der Waals surface area contributed by atoms with Gasteiger partial charge in [0.05, 0.1) is 5.52 Å². The summed E-state index contributed by atoms with van der Waals surface area (Å²) in [6, 6.07) is 14.5. The van der Waals surface area contributed by atoms with E-state index in [9.17, 15) is 0 Å². The molecule has 2 aromatic carbocycles. The minimum Gasteiger partial charge on any atom is -0.314 e. The molecule has 2 aromatic heterocycles. The third-order valence-electron chi connectivity index (χ3n) is 4.66. The molecule has 0 aliphatic carbocycles. The van der Waals surface area contributed by atoms with E-state index >= 15 is 0 Å². The van der Waals surface area contributed by atoms with Crippen molar-refractivity contribution in [2.24, 2.45) is 0 Å². The monoisotopic (exact) mass is 392 g/mol. The number of H-pyrrole nitrogens is 1. The molecule has 5 rings (SSSR count). The predicted octanol–water partition coefficient (Wildman–Crippen LogP) is 3.43. The lowest BCUT2D eigenvalue weighted by molar-refractivity contribution is 0.543. The van der Waals surface area contributed by atoms with E-state index in [0.29, 0.717) is 11.1 Å². The lowest BCUT2D eigenvalue weighted by Crippen LogP contribution is -2.44. The molecule has 1 fully saturated rings. The molecule has 0 saturated carbocycles. The summed E-state index contributed by atoms with van der Waals surface area (Å²) in [7, 11) is 0. The maximum Gasteiger partial charge on any atom is 0.206 e. The summed E-state index contributed by atoms with van der Waals surface area (Å²) in [6.45, 7) is 2.05. The molecule has 8 heteroatoms. The number of benzene rings is 2. The van der Waals surface area contributed by atoms with Crippen LogP contribution >= 0.6 is 24.4 Å². The van der Waals surface area contributed by atoms with Crippen molar-refractivity contribution in [2.75, 3.05) is 13.1 Å². The van der Waals surface area contributed by atoms with Gasteiger partial charge in [-0.15, -0.1) is 34.6 Å². The quantitative estimate of drug-likeness (QED) is 0.462. The summed E-state index contributed by atoms with van der Waals surface area (Å²) in [5.74, 6) is 0.551. The highest BCUT2D eigenvalue weighted by molar-refractivity contribution is 8.00. The first-order valence-corrected chi connectivity index (χ1v) is 9.94. The fourth-order valence-corrected chi connectivity index (χ4v) is 4.74. The van der Waals surface area contributed by atoms with Gasteiger partial charge in [-0.25, -0.2) is 0 Å². The molecule has 6 nitrogen and oxygen atoms in total. The molecular weight excluding hydrogens is 376 g/mol. The van der Waals surface area contributed by atoms with Gasteiger partial charge in [0.25, 0.3) is 0 Å². The van der Waals surface area contributed by atoms with Crippen LogP contribution in [0.5, 0.6) is 0 Å². The molecule has 1 saturated heterocycles. The molecule has 0 spiro atoms. The highest BCUT2D eigenvalue weighted by atomic mass is 32.2. The number of fused-ring (bicyclic) bond motifs is 1. The number of pyridine rings is 1. The summed E-state index contributed by atoms with van der Waals surface area (Å²) in [5.41, 5.74) is 3.97. The Bertz CT molecular complexity index is 1110. The molecule has 134 valence electrons. The van der Waals surface area contributed by atoms with Crippen LogP contribution in [0.25, 0.3) is 33.4 Å². The molecular formula is C19H16N6S2. The number of rotatable bonds is 4. The summed E-state index contributed by atoms with van der Waals surface area (Å²) < 4.78 is 0. The normalized spacial score (nSPS) is 14.4. The Morgan fingerprint density at radius 2 is 2.04 bits per heavy atom. The highest BCUT2D eigenvalue weighted by Gasteiger charge is 2.23. The van der Waals surface area contributed by atoms with Gasteiger partial charge >= 0.3 is 0 Å². The summed E-state index contributed by atoms with van der Waals surface area (Å²) in [6.07, 6.45) is 1.81. The Labute approximate surface area is 165 Å². The van der Waals surface area contributed by atoms with E-state index in [1.807, 2.05) is 23.9 Å². The minimum absolute atomic E-state index is 0.551. The van der Waals surface area contributed by atoms with Gasteiger partial charge in [0, 0.05) is 45.3 Å². The largest absolute Gasteiger partial charge is 0.314 e. The molecule has 3 heterocycles. The van der Waals surface area contributed by atoms with Crippen molar-refractivity contribution in [1.29, 1.82) is 0 Å². The molecule has 0 unspecified atom stereocenters. The molecule has 0 atom stereocenters. The Kier molecular flexibility index (Phi) is 4.31. The zero-order valence-corrected chi connectivity index (χ0v) is 16.0. The maximum atomic E-state index is 4.85. The van der Waals surface area contributed by atoms with Crippen molar-refractivity contribution < 1.29 is 0 Å². The fraction of sp³-hybridized carbons (Fsp3) is 0.158. The third kappa shape index (κ3) is 3.09. The first-order valence-electron chi connectivity index (χ1n) is 8.62. The van der Waals surface area contributed by atoms with E-state index in [2.05, 4.69) is 61.3 Å². The number of nitrogens with one attached hydrogen (secondary N) is 2. The maximum absolute atomic E-state index is 4.85. The minimum atomic E-state index is 0.551. The van der Waals surface area contributed by atoms with Crippen molar-refractivity contribution >= 4 is 35.3 Å². The average Bonchev–Trinajstić information content (AvgIpc) is 3.19. The first-order chi connectivity index (χ1) is 13.3. The second kappa shape index (κ2) is 6.95. The summed E-state index contributed by atoms with van der Waals surface area (Å²) in [5, 5.41) is 19.7. The van der Waals surface area contributed by atoms with E-state index < -0.39 is 0 Å². The van der Waals surface area contributed by atoms with Crippen molar-refractivity contribution in [3.63, 3.8) is 0 Å². The van der Waals surface area contributed by atoms with Crippen molar-refractivity contribution in [3.05, 3.63) is 48.7 Å². The average molecular weight is 393 g/mol. The number of nitrogens with zero attached hydrogens (tertiary/aromatic N) is 4. The van der Waals surface area contributed by atoms with Gasteiger partial charge in [0.15, 0.2) is 0 Å². The smallest absolute Gasteiger partial charge is 0.206 e. The number of tetrazole rings is 1. The molecule has 0 radical (unpaired) electrons. The van der Waals surface area contributed by atoms with Crippen molar-refractivity contribution in [3.8, 4) is 22.5 Å². The van der Waals surface area contributed by atoms with E-state index in [1.54, 1.807) is 6.20 Å². The van der Waals surface area contributed by atoms with Crippen molar-refractivity contribution in [1.82, 2.24) is 30.9 Å². The third-order valence-corrected chi connectivity index (χ3v) is 6.54. The number of aromatic amines is 1. The number of hydrogen-bond acceptors (Lipinski definition) is 7. The summed E-state index contributed by atoms with van der Waals surface area (Å²) >= 11 is 6.69. The topological polar surface area (TPSA) is 79.4 Å². The van der Waals surface area contributed by atoms with Gasteiger partial charge in [-0.1, -0.05) is 18.2 Å². The highest BCUT2D eigenvalue weighted by Crippen LogP contribution is 2.42. The second-order valence-corrected chi connectivity index (χ2v) is 8.17. The number of hydrogen-bond donors (Lipinski definition) is 3. The zero-order valence-electron chi connectivity index (χ0n) is 14.3. The van der Waals surface area contributed by atoms with Crippen LogP contribution in [0.3, 0.4) is 0 Å². The number of thioether (sulfide) groups is 1. The van der Waals surface area contributed by atoms with Gasteiger partial charge in [0.1, 0.15) is 0 Å². The van der Waals surface area contributed by atoms with Crippen LogP contribution in [0.1, 0.15) is 0 Å². The lowest BCUT2D eigenvalue weighted by Gasteiger charge is -2.27. The van der Waals surface area contributed by atoms with Crippen LogP contribution in [-0.4, -0.2) is 43.9 Å². The van der Waals surface area contributed by atoms with Crippen LogP contribution < -0.4 is 5.32 Å². The Hall–Kier alpha value is -2.42. The molecule has 2 N–H and O–H groups in total. The van der Waals surface area contributed by atoms with Crippen LogP contribution in [0, 0.1) is 0 Å². The van der Waals surface area contributed by atoms with E-state index in [1.165, 1.54) is 0 Å². The fourth-order valence-electron chi connectivity index (χ4n) is 3.17. The van der Waals surface area contributed by atoms with Crippen LogP contribution in [0.2, 0.25) is 0 Å². The Morgan fingerprint density at radius 1 is 1.11 bits per heavy atom. The number of thiol groups is 1. The predicted molar refractivity (Wildman–Crippen MR) is 110 cm³/mol. The van der Waals surface area contributed by atoms with Crippen molar-refractivity contribution in [2.45, 2.75) is 15.0 Å². The second-order valence-electron chi connectivity index (χ2n) is 6.38. The SMILES string of the molecule is Sc1c(SC2CNC2)ccc(-c2ccc3ncccc3c2)c1-c1nn[nH]n1. The molecule has 27 heavy (non-hydrogen) atoms. The van der Waals surface area contributed by atoms with E-state index in [4.69, 9.17) is 12.6 Å². The first kappa shape index (κ1) is 16.7. The number of aromatic nitrogens is 5.